The van der Waals surface area contributed by atoms with Crippen LogP contribution in [-0.2, 0) is 17.6 Å². The Bertz CT molecular complexity index is 677. The minimum Gasteiger partial charge on any atom is -0.316 e. The maximum atomic E-state index is 12.6. The lowest BCUT2D eigenvalue weighted by atomic mass is 9.69. The minimum absolute atomic E-state index is 0.125. The lowest BCUT2D eigenvalue weighted by Crippen LogP contribution is -2.28. The third-order valence-corrected chi connectivity index (χ3v) is 7.78. The van der Waals surface area contributed by atoms with Crippen LogP contribution in [0.4, 0.5) is 5.00 Å². The molecule has 1 atom stereocenters. The van der Waals surface area contributed by atoms with Crippen molar-refractivity contribution in [2.45, 2.75) is 78.6 Å². The van der Waals surface area contributed by atoms with Gasteiger partial charge < -0.3 is 5.32 Å². The van der Waals surface area contributed by atoms with Crippen LogP contribution in [-0.4, -0.2) is 5.91 Å². The van der Waals surface area contributed by atoms with Gasteiger partial charge in [-0.1, -0.05) is 46.5 Å². The molecule has 0 spiro atoms. The number of anilines is 1. The maximum absolute atomic E-state index is 12.6. The summed E-state index contributed by atoms with van der Waals surface area (Å²) in [4.78, 5) is 13.9. The molecule has 1 fully saturated rings. The van der Waals surface area contributed by atoms with Gasteiger partial charge in [0.1, 0.15) is 11.1 Å². The molecular formula is C21H30N2OS. The van der Waals surface area contributed by atoms with Crippen LogP contribution in [0.2, 0.25) is 0 Å². The number of nitrogens with zero attached hydrogens (tertiary/aromatic N) is 1. The highest BCUT2D eigenvalue weighted by Crippen LogP contribution is 2.45. The van der Waals surface area contributed by atoms with Gasteiger partial charge in [0.2, 0.25) is 5.91 Å². The molecule has 1 aromatic rings. The standard InChI is InChI=1S/C21H30N2OS/c1-4-21(2,3)15-10-11-16-17(13-22)20(25-18(16)12-15)23-19(24)14-8-6-5-7-9-14/h14-15H,4-12H2,1-3H3,(H,23,24)/t15-/m1/s1. The zero-order valence-electron chi connectivity index (χ0n) is 15.8. The van der Waals surface area contributed by atoms with E-state index in [2.05, 4.69) is 32.2 Å². The van der Waals surface area contributed by atoms with Crippen molar-refractivity contribution in [3.63, 3.8) is 0 Å². The van der Waals surface area contributed by atoms with Crippen molar-refractivity contribution in [2.75, 3.05) is 5.32 Å². The van der Waals surface area contributed by atoms with Gasteiger partial charge in [-0.05, 0) is 49.0 Å². The smallest absolute Gasteiger partial charge is 0.228 e. The predicted octanol–water partition coefficient (Wildman–Crippen LogP) is 5.68. The number of fused-ring (bicyclic) bond motifs is 1. The van der Waals surface area contributed by atoms with E-state index >= 15 is 0 Å². The Hall–Kier alpha value is -1.34. The third kappa shape index (κ3) is 3.77. The molecule has 2 aliphatic carbocycles. The first-order valence-corrected chi connectivity index (χ1v) is 10.6. The SMILES string of the molecule is CCC(C)(C)[C@@H]1CCc2c(sc(NC(=O)C3CCCCC3)c2C#N)C1. The first-order chi connectivity index (χ1) is 12.0. The van der Waals surface area contributed by atoms with Crippen LogP contribution >= 0.6 is 11.3 Å². The van der Waals surface area contributed by atoms with Crippen molar-refractivity contribution in [3.05, 3.63) is 16.0 Å². The van der Waals surface area contributed by atoms with Gasteiger partial charge in [-0.15, -0.1) is 11.3 Å². The number of thiophene rings is 1. The molecule has 136 valence electrons. The zero-order chi connectivity index (χ0) is 18.0. The van der Waals surface area contributed by atoms with Gasteiger partial charge >= 0.3 is 0 Å². The number of nitriles is 1. The fourth-order valence-corrected chi connectivity index (χ4v) is 5.61. The molecule has 3 nitrogen and oxygen atoms in total. The number of nitrogens with one attached hydrogen (secondary N) is 1. The lowest BCUT2D eigenvalue weighted by molar-refractivity contribution is -0.120. The Morgan fingerprint density at radius 1 is 1.28 bits per heavy atom. The van der Waals surface area contributed by atoms with Crippen molar-refractivity contribution in [1.82, 2.24) is 0 Å². The summed E-state index contributed by atoms with van der Waals surface area (Å²) >= 11 is 1.65. The molecule has 0 aromatic carbocycles. The van der Waals surface area contributed by atoms with Crippen molar-refractivity contribution in [3.8, 4) is 6.07 Å². The van der Waals surface area contributed by atoms with Gasteiger partial charge in [0.25, 0.3) is 0 Å². The molecular weight excluding hydrogens is 328 g/mol. The number of carbonyl (C=O) groups is 1. The molecule has 1 aromatic heterocycles. The first-order valence-electron chi connectivity index (χ1n) is 9.81. The van der Waals surface area contributed by atoms with Crippen LogP contribution in [0.5, 0.6) is 0 Å². The summed E-state index contributed by atoms with van der Waals surface area (Å²) in [5.41, 5.74) is 2.27. The number of rotatable bonds is 4. The van der Waals surface area contributed by atoms with Crippen LogP contribution in [0.25, 0.3) is 0 Å². The second-order valence-corrected chi connectivity index (χ2v) is 9.53. The molecule has 25 heavy (non-hydrogen) atoms. The van der Waals surface area contributed by atoms with E-state index in [9.17, 15) is 10.1 Å². The van der Waals surface area contributed by atoms with Crippen molar-refractivity contribution >= 4 is 22.2 Å². The first kappa shape index (κ1) is 18.5. The van der Waals surface area contributed by atoms with E-state index in [1.54, 1.807) is 11.3 Å². The van der Waals surface area contributed by atoms with Crippen molar-refractivity contribution in [2.24, 2.45) is 17.3 Å². The topological polar surface area (TPSA) is 52.9 Å². The average Bonchev–Trinajstić information content (AvgIpc) is 2.98. The normalized spacial score (nSPS) is 21.4. The summed E-state index contributed by atoms with van der Waals surface area (Å²) in [6.07, 6.45) is 9.88. The van der Waals surface area contributed by atoms with Crippen molar-refractivity contribution < 1.29 is 4.79 Å². The largest absolute Gasteiger partial charge is 0.316 e. The Kier molecular flexibility index (Phi) is 5.53. The van der Waals surface area contributed by atoms with Crippen molar-refractivity contribution in [1.29, 1.82) is 5.26 Å². The molecule has 1 heterocycles. The highest BCUT2D eigenvalue weighted by Gasteiger charge is 2.34. The van der Waals surface area contributed by atoms with E-state index in [0.717, 1.165) is 55.5 Å². The van der Waals surface area contributed by atoms with E-state index < -0.39 is 0 Å². The van der Waals surface area contributed by atoms with Crippen LogP contribution in [0.1, 0.15) is 81.7 Å². The second-order valence-electron chi connectivity index (χ2n) is 8.43. The Morgan fingerprint density at radius 2 is 2.00 bits per heavy atom. The van der Waals surface area contributed by atoms with Gasteiger partial charge in [0, 0.05) is 10.8 Å². The second kappa shape index (κ2) is 7.50. The average molecular weight is 359 g/mol. The summed E-state index contributed by atoms with van der Waals surface area (Å²) in [7, 11) is 0. The monoisotopic (exact) mass is 358 g/mol. The molecule has 0 saturated heterocycles. The van der Waals surface area contributed by atoms with Gasteiger partial charge in [-0.2, -0.15) is 5.26 Å². The number of hydrogen-bond donors (Lipinski definition) is 1. The molecule has 1 N–H and O–H groups in total. The van der Waals surface area contributed by atoms with Crippen LogP contribution in [0, 0.1) is 28.6 Å². The Balaban J connectivity index is 1.78. The highest BCUT2D eigenvalue weighted by molar-refractivity contribution is 7.16. The zero-order valence-corrected chi connectivity index (χ0v) is 16.6. The highest BCUT2D eigenvalue weighted by atomic mass is 32.1. The number of hydrogen-bond acceptors (Lipinski definition) is 3. The number of carbonyl (C=O) groups excluding carboxylic acids is 1. The predicted molar refractivity (Wildman–Crippen MR) is 104 cm³/mol. The molecule has 0 bridgehead atoms. The number of amides is 1. The molecule has 1 amide bonds. The summed E-state index contributed by atoms with van der Waals surface area (Å²) in [6.45, 7) is 6.97. The van der Waals surface area contributed by atoms with E-state index in [1.165, 1.54) is 23.3 Å². The molecule has 3 rings (SSSR count). The summed E-state index contributed by atoms with van der Waals surface area (Å²) < 4.78 is 0. The molecule has 0 unspecified atom stereocenters. The molecule has 1 saturated carbocycles. The summed E-state index contributed by atoms with van der Waals surface area (Å²) in [5.74, 6) is 0.920. The van der Waals surface area contributed by atoms with E-state index in [-0.39, 0.29) is 11.8 Å². The molecule has 4 heteroatoms. The van der Waals surface area contributed by atoms with Gasteiger partial charge in [-0.3, -0.25) is 4.79 Å². The quantitative estimate of drug-likeness (QED) is 0.753. The van der Waals surface area contributed by atoms with E-state index in [1.807, 2.05) is 0 Å². The Morgan fingerprint density at radius 3 is 2.64 bits per heavy atom. The third-order valence-electron chi connectivity index (χ3n) is 6.61. The lowest BCUT2D eigenvalue weighted by Gasteiger charge is -2.36. The van der Waals surface area contributed by atoms with E-state index in [0.29, 0.717) is 11.3 Å². The Labute approximate surface area is 155 Å². The van der Waals surface area contributed by atoms with Crippen LogP contribution in [0.3, 0.4) is 0 Å². The van der Waals surface area contributed by atoms with Crippen LogP contribution in [0.15, 0.2) is 0 Å². The van der Waals surface area contributed by atoms with Crippen LogP contribution < -0.4 is 5.32 Å². The fraction of sp³-hybridized carbons (Fsp3) is 0.714. The maximum Gasteiger partial charge on any atom is 0.228 e. The summed E-state index contributed by atoms with van der Waals surface area (Å²) in [5, 5.41) is 13.6. The molecule has 0 aliphatic heterocycles. The van der Waals surface area contributed by atoms with E-state index in [4.69, 9.17) is 0 Å². The van der Waals surface area contributed by atoms with Gasteiger partial charge in [0.05, 0.1) is 5.56 Å². The van der Waals surface area contributed by atoms with Gasteiger partial charge in [0.15, 0.2) is 0 Å². The summed E-state index contributed by atoms with van der Waals surface area (Å²) in [6, 6.07) is 2.38. The molecule has 2 aliphatic rings. The fourth-order valence-electron chi connectivity index (χ4n) is 4.33. The minimum atomic E-state index is 0.125. The van der Waals surface area contributed by atoms with Gasteiger partial charge in [-0.25, -0.2) is 0 Å². The molecule has 0 radical (unpaired) electrons.